The number of aliphatic hydroxyl groups excluding tert-OH is 1. The van der Waals surface area contributed by atoms with Gasteiger partial charge in [-0.25, -0.2) is 0 Å². The number of aromatic hydroxyl groups is 1. The maximum atomic E-state index is 13.7. The van der Waals surface area contributed by atoms with Gasteiger partial charge in [-0.15, -0.1) is 0 Å². The van der Waals surface area contributed by atoms with Crippen LogP contribution in [-0.2, 0) is 6.54 Å². The van der Waals surface area contributed by atoms with Crippen molar-refractivity contribution in [3.8, 4) is 5.75 Å². The first kappa shape index (κ1) is 22.6. The van der Waals surface area contributed by atoms with Crippen molar-refractivity contribution < 1.29 is 14.6 Å². The minimum atomic E-state index is -0.444. The zero-order valence-electron chi connectivity index (χ0n) is 18.1. The number of aromatic nitrogens is 1. The first-order valence-electron chi connectivity index (χ1n) is 10.8. The fraction of sp³-hybridized carbons (Fsp3) is 0.375. The van der Waals surface area contributed by atoms with E-state index in [1.54, 1.807) is 36.0 Å². The molecule has 1 atom stereocenters. The molecule has 4 rings (SSSR count). The predicted octanol–water partition coefficient (Wildman–Crippen LogP) is 2.86. The topological polar surface area (TPSA) is 82.1 Å². The van der Waals surface area contributed by atoms with Gasteiger partial charge in [0.25, 0.3) is 5.56 Å². The first-order valence-corrected chi connectivity index (χ1v) is 11.1. The number of furan rings is 1. The van der Waals surface area contributed by atoms with Crippen molar-refractivity contribution in [1.82, 2.24) is 14.4 Å². The molecule has 3 aromatic rings. The lowest BCUT2D eigenvalue weighted by atomic mass is 9.96. The summed E-state index contributed by atoms with van der Waals surface area (Å²) in [5, 5.41) is 20.8. The minimum Gasteiger partial charge on any atom is -0.507 e. The number of piperazine rings is 1. The lowest BCUT2D eigenvalue weighted by Gasteiger charge is -2.39. The Bertz CT molecular complexity index is 1100. The van der Waals surface area contributed by atoms with Gasteiger partial charge in [-0.1, -0.05) is 23.7 Å². The number of aliphatic hydroxyl groups is 1. The molecule has 0 radical (unpaired) electrons. The molecule has 3 heterocycles. The molecule has 0 unspecified atom stereocenters. The summed E-state index contributed by atoms with van der Waals surface area (Å²) in [6.07, 6.45) is 1.58. The van der Waals surface area contributed by atoms with Gasteiger partial charge in [0.2, 0.25) is 0 Å². The van der Waals surface area contributed by atoms with Crippen molar-refractivity contribution >= 4 is 11.6 Å². The van der Waals surface area contributed by atoms with Crippen molar-refractivity contribution in [3.05, 3.63) is 86.7 Å². The second-order valence-electron chi connectivity index (χ2n) is 8.11. The Balaban J connectivity index is 1.78. The highest BCUT2D eigenvalue weighted by molar-refractivity contribution is 6.30. The molecular weight excluding hydrogens is 430 g/mol. The van der Waals surface area contributed by atoms with Crippen LogP contribution in [0.15, 0.2) is 57.9 Å². The Morgan fingerprint density at radius 1 is 1.12 bits per heavy atom. The molecule has 1 saturated heterocycles. The van der Waals surface area contributed by atoms with Crippen molar-refractivity contribution in [3.63, 3.8) is 0 Å². The lowest BCUT2D eigenvalue weighted by Crippen LogP contribution is -2.49. The van der Waals surface area contributed by atoms with Gasteiger partial charge in [0.05, 0.1) is 31.0 Å². The van der Waals surface area contributed by atoms with Gasteiger partial charge in [0.15, 0.2) is 0 Å². The van der Waals surface area contributed by atoms with Gasteiger partial charge >= 0.3 is 0 Å². The number of hydrogen-bond donors (Lipinski definition) is 2. The maximum absolute atomic E-state index is 13.7. The summed E-state index contributed by atoms with van der Waals surface area (Å²) in [6.45, 7) is 5.77. The van der Waals surface area contributed by atoms with E-state index in [9.17, 15) is 15.0 Å². The van der Waals surface area contributed by atoms with Gasteiger partial charge in [0, 0.05) is 43.4 Å². The van der Waals surface area contributed by atoms with Crippen LogP contribution in [-0.4, -0.2) is 63.9 Å². The van der Waals surface area contributed by atoms with E-state index < -0.39 is 6.04 Å². The van der Waals surface area contributed by atoms with Crippen LogP contribution in [0.1, 0.15) is 28.6 Å². The molecule has 2 aromatic heterocycles. The second kappa shape index (κ2) is 9.92. The Labute approximate surface area is 192 Å². The van der Waals surface area contributed by atoms with E-state index in [1.165, 1.54) is 0 Å². The van der Waals surface area contributed by atoms with Crippen molar-refractivity contribution in [1.29, 1.82) is 0 Å². The van der Waals surface area contributed by atoms with Crippen LogP contribution in [0.25, 0.3) is 0 Å². The average molecular weight is 458 g/mol. The van der Waals surface area contributed by atoms with Gasteiger partial charge in [-0.05, 0) is 42.8 Å². The minimum absolute atomic E-state index is 0.0223. The molecule has 0 amide bonds. The van der Waals surface area contributed by atoms with E-state index in [1.807, 2.05) is 24.3 Å². The quantitative estimate of drug-likeness (QED) is 0.567. The van der Waals surface area contributed by atoms with E-state index >= 15 is 0 Å². The SMILES string of the molecule is Cc1cc(O)c([C@@H](c2cccc(Cl)c2)N2CCN(CCO)CC2)c(=O)n1Cc1ccco1. The summed E-state index contributed by atoms with van der Waals surface area (Å²) < 4.78 is 7.09. The number of nitrogens with zero attached hydrogens (tertiary/aromatic N) is 3. The Kier molecular flexibility index (Phi) is 7.01. The molecule has 1 aliphatic rings. The zero-order valence-corrected chi connectivity index (χ0v) is 18.8. The van der Waals surface area contributed by atoms with E-state index in [2.05, 4.69) is 9.80 Å². The molecule has 8 heteroatoms. The molecule has 32 heavy (non-hydrogen) atoms. The van der Waals surface area contributed by atoms with E-state index in [0.29, 0.717) is 41.7 Å². The highest BCUT2D eigenvalue weighted by atomic mass is 35.5. The van der Waals surface area contributed by atoms with Crippen LogP contribution >= 0.6 is 11.6 Å². The number of hydrogen-bond acceptors (Lipinski definition) is 6. The third-order valence-corrected chi connectivity index (χ3v) is 6.28. The van der Waals surface area contributed by atoms with Crippen LogP contribution < -0.4 is 5.56 Å². The molecule has 0 spiro atoms. The maximum Gasteiger partial charge on any atom is 0.260 e. The van der Waals surface area contributed by atoms with Crippen LogP contribution in [0.3, 0.4) is 0 Å². The fourth-order valence-electron chi connectivity index (χ4n) is 4.40. The Morgan fingerprint density at radius 3 is 2.56 bits per heavy atom. The number of aryl methyl sites for hydroxylation is 1. The first-order chi connectivity index (χ1) is 15.5. The molecule has 0 aliphatic carbocycles. The molecule has 2 N–H and O–H groups in total. The van der Waals surface area contributed by atoms with Crippen LogP contribution in [0.4, 0.5) is 0 Å². The third-order valence-electron chi connectivity index (χ3n) is 6.04. The van der Waals surface area contributed by atoms with Crippen LogP contribution in [0.5, 0.6) is 5.75 Å². The summed E-state index contributed by atoms with van der Waals surface area (Å²) in [7, 11) is 0. The molecule has 0 saturated carbocycles. The smallest absolute Gasteiger partial charge is 0.260 e. The lowest BCUT2D eigenvalue weighted by molar-refractivity contribution is 0.0932. The number of benzene rings is 1. The van der Waals surface area contributed by atoms with Crippen molar-refractivity contribution in [2.75, 3.05) is 39.3 Å². The molecule has 1 fully saturated rings. The van der Waals surface area contributed by atoms with Crippen LogP contribution in [0, 0.1) is 6.92 Å². The second-order valence-corrected chi connectivity index (χ2v) is 8.55. The molecule has 0 bridgehead atoms. The summed E-state index contributed by atoms with van der Waals surface area (Å²) in [5.74, 6) is 0.648. The number of β-amino-alcohol motifs (C(OH)–C–C–N with tert-alkyl or cyclic N) is 1. The molecule has 7 nitrogen and oxygen atoms in total. The standard InChI is InChI=1S/C24H28ClN3O4/c1-17-14-21(30)22(24(31)28(17)16-20-6-3-13-32-20)23(18-4-2-5-19(25)15-18)27-9-7-26(8-10-27)11-12-29/h2-6,13-15,23,29-30H,7-12,16H2,1H3/t23-/m1/s1. The summed E-state index contributed by atoms with van der Waals surface area (Å²) >= 11 is 6.30. The predicted molar refractivity (Wildman–Crippen MR) is 123 cm³/mol. The van der Waals surface area contributed by atoms with E-state index in [4.69, 9.17) is 16.0 Å². The normalized spacial score (nSPS) is 16.3. The van der Waals surface area contributed by atoms with Crippen molar-refractivity contribution in [2.24, 2.45) is 0 Å². The molecule has 1 aliphatic heterocycles. The zero-order chi connectivity index (χ0) is 22.7. The highest BCUT2D eigenvalue weighted by Crippen LogP contribution is 2.34. The molecule has 170 valence electrons. The van der Waals surface area contributed by atoms with Crippen LogP contribution in [0.2, 0.25) is 5.02 Å². The Morgan fingerprint density at radius 2 is 1.91 bits per heavy atom. The third kappa shape index (κ3) is 4.76. The van der Waals surface area contributed by atoms with Crippen molar-refractivity contribution in [2.45, 2.75) is 19.5 Å². The molecular formula is C24H28ClN3O4. The molecule has 1 aromatic carbocycles. The van der Waals surface area contributed by atoms with Gasteiger partial charge < -0.3 is 19.2 Å². The highest BCUT2D eigenvalue weighted by Gasteiger charge is 2.31. The Hall–Kier alpha value is -2.58. The van der Waals surface area contributed by atoms with Gasteiger partial charge in [-0.2, -0.15) is 0 Å². The number of rotatable bonds is 7. The van der Waals surface area contributed by atoms with E-state index in [0.717, 1.165) is 18.7 Å². The summed E-state index contributed by atoms with van der Waals surface area (Å²) in [4.78, 5) is 18.1. The van der Waals surface area contributed by atoms with E-state index in [-0.39, 0.29) is 24.5 Å². The number of halogens is 1. The fourth-order valence-corrected chi connectivity index (χ4v) is 4.60. The average Bonchev–Trinajstić information content (AvgIpc) is 3.28. The monoisotopic (exact) mass is 457 g/mol. The van der Waals surface area contributed by atoms with Gasteiger partial charge in [0.1, 0.15) is 11.5 Å². The van der Waals surface area contributed by atoms with Gasteiger partial charge in [-0.3, -0.25) is 14.6 Å². The summed E-state index contributed by atoms with van der Waals surface area (Å²) in [5.41, 5.74) is 1.60. The largest absolute Gasteiger partial charge is 0.507 e. The summed E-state index contributed by atoms with van der Waals surface area (Å²) in [6, 6.07) is 12.3. The number of pyridine rings is 1.